The molecule has 0 amide bonds. The summed E-state index contributed by atoms with van der Waals surface area (Å²) in [5.74, 6) is -0.557. The predicted molar refractivity (Wildman–Crippen MR) is 269 cm³/mol. The average Bonchev–Trinajstić information content (AvgIpc) is 4.21. The van der Waals surface area contributed by atoms with Crippen LogP contribution in [0.5, 0.6) is 0 Å². The lowest BCUT2D eigenvalue weighted by molar-refractivity contribution is -0.0802. The van der Waals surface area contributed by atoms with Crippen molar-refractivity contribution in [3.63, 3.8) is 0 Å². The number of halogens is 1. The maximum absolute atomic E-state index is 14.9. The summed E-state index contributed by atoms with van der Waals surface area (Å²) in [5, 5.41) is 84.2. The van der Waals surface area contributed by atoms with Gasteiger partial charge in [0.2, 0.25) is 11.2 Å². The summed E-state index contributed by atoms with van der Waals surface area (Å²) in [4.78, 5) is 7.88. The van der Waals surface area contributed by atoms with Crippen molar-refractivity contribution in [1.29, 1.82) is 15.8 Å². The van der Waals surface area contributed by atoms with Gasteiger partial charge >= 0.3 is 7.82 Å². The van der Waals surface area contributed by atoms with E-state index in [0.717, 1.165) is 44.4 Å². The van der Waals surface area contributed by atoms with E-state index in [-0.39, 0.29) is 52.8 Å². The molecule has 0 unspecified atom stereocenters. The standard InChI is InChI=1S/C51H67FN11O12P/c1-2-3-4-5-6-7-8-9-10-11-12-13-14-15-20-69-26-37(70-25-35-21-34(24-53)22-36(52)23-35)27-71-76(68,72-28-40-44(64)46(66)50(30-54,74-40)42-18-16-38-48(56)58-32-60-62(38)42)73-29-41-45(65)47(67)51(31-55,75-41)43-19-17-39-49(57)59-33-61-63(39)43/h16-19,21-23,32-33,37,40-41,44-47,64-67H,2-15,20,25-29H2,1H3,(H2,56,58,60)(H2,57,59,61)/t37-,40-,41-,44-,45-,46-,47-,50+,51+/m1/s1. The number of phosphoric acid groups is 1. The van der Waals surface area contributed by atoms with Crippen LogP contribution in [0.2, 0.25) is 0 Å². The van der Waals surface area contributed by atoms with Gasteiger partial charge in [-0.2, -0.15) is 26.0 Å². The Bertz CT molecular complexity index is 2750. The molecule has 0 aliphatic carbocycles. The summed E-state index contributed by atoms with van der Waals surface area (Å²) in [7, 11) is -5.01. The van der Waals surface area contributed by atoms with E-state index in [1.807, 2.05) is 18.2 Å². The molecule has 0 saturated carbocycles. The van der Waals surface area contributed by atoms with Crippen LogP contribution < -0.4 is 11.5 Å². The number of nitrogens with zero attached hydrogens (tertiary/aromatic N) is 9. The highest BCUT2D eigenvalue weighted by atomic mass is 31.2. The first-order chi connectivity index (χ1) is 36.7. The Balaban J connectivity index is 1.04. The third-order valence-electron chi connectivity index (χ3n) is 13.7. The van der Waals surface area contributed by atoms with Gasteiger partial charge in [0.15, 0.2) is 11.6 Å². The zero-order valence-electron chi connectivity index (χ0n) is 42.4. The molecular weight excluding hydrogens is 1010 g/mol. The van der Waals surface area contributed by atoms with Crippen molar-refractivity contribution in [3.05, 3.63) is 83.5 Å². The number of fused-ring (bicyclic) bond motifs is 2. The zero-order chi connectivity index (χ0) is 54.3. The van der Waals surface area contributed by atoms with Crippen LogP contribution in [0.1, 0.15) is 119 Å². The number of aromatic nitrogens is 6. The fourth-order valence-electron chi connectivity index (χ4n) is 9.49. The molecule has 2 saturated heterocycles. The number of anilines is 2. The molecule has 8 N–H and O–H groups in total. The minimum atomic E-state index is -5.01. The molecule has 0 radical (unpaired) electrons. The lowest BCUT2D eigenvalue weighted by Gasteiger charge is -2.26. The normalized spacial score (nSPS) is 24.0. The molecule has 5 aromatic rings. The second-order valence-electron chi connectivity index (χ2n) is 19.1. The third kappa shape index (κ3) is 13.5. The number of aliphatic hydroxyl groups is 4. The number of phosphoric ester groups is 1. The van der Waals surface area contributed by atoms with Gasteiger partial charge in [0, 0.05) is 6.61 Å². The van der Waals surface area contributed by atoms with Crippen molar-refractivity contribution in [3.8, 4) is 18.2 Å². The summed E-state index contributed by atoms with van der Waals surface area (Å²) < 4.78 is 73.5. The largest absolute Gasteiger partial charge is 0.475 e. The maximum atomic E-state index is 14.9. The lowest BCUT2D eigenvalue weighted by atomic mass is 9.92. The Labute approximate surface area is 439 Å². The van der Waals surface area contributed by atoms with Crippen LogP contribution >= 0.6 is 7.82 Å². The van der Waals surface area contributed by atoms with Gasteiger partial charge in [-0.1, -0.05) is 90.4 Å². The number of aliphatic hydroxyl groups excluding tert-OH is 4. The number of unbranched alkanes of at least 4 members (excludes halogenated alkanes) is 13. The van der Waals surface area contributed by atoms with Crippen molar-refractivity contribution >= 4 is 30.5 Å². The summed E-state index contributed by atoms with van der Waals surface area (Å²) in [5.41, 5.74) is 8.35. The topological polar surface area (TPSA) is 346 Å². The summed E-state index contributed by atoms with van der Waals surface area (Å²) in [6.45, 7) is -0.0798. The highest BCUT2D eigenvalue weighted by Gasteiger charge is 2.59. The second kappa shape index (κ2) is 27.0. The Hall–Kier alpha value is -5.75. The number of hydrogen-bond donors (Lipinski definition) is 6. The first kappa shape index (κ1) is 57.9. The number of hydrogen-bond acceptors (Lipinski definition) is 21. The van der Waals surface area contributed by atoms with E-state index in [1.165, 1.54) is 110 Å². The quantitative estimate of drug-likeness (QED) is 0.0233. The SMILES string of the molecule is CCCCCCCCCCCCCCCCOC[C@H](COP(=O)(OC[C@H]1O[C@@](C#N)(c2ccc3c(N)ncnn23)[C@H](O)[C@@H]1O)OC[C@H]1O[C@@](C#N)(c2ccc3c(N)ncnn23)[C@H](O)[C@@H]1O)OCc1cc(F)cc(C#N)c1. The Morgan fingerprint density at radius 1 is 0.711 bits per heavy atom. The fourth-order valence-corrected chi connectivity index (χ4v) is 10.7. The number of nitriles is 3. The number of ether oxygens (including phenoxy) is 4. The third-order valence-corrected chi connectivity index (χ3v) is 15.1. The minimum Gasteiger partial charge on any atom is -0.387 e. The number of benzene rings is 1. The van der Waals surface area contributed by atoms with E-state index < -0.39 is 87.4 Å². The molecule has 7 rings (SSSR count). The van der Waals surface area contributed by atoms with E-state index in [0.29, 0.717) is 12.2 Å². The molecular formula is C51H67FN11O12P. The molecule has 25 heteroatoms. The molecule has 23 nitrogen and oxygen atoms in total. The maximum Gasteiger partial charge on any atom is 0.475 e. The molecule has 0 bridgehead atoms. The predicted octanol–water partition coefficient (Wildman–Crippen LogP) is 5.57. The highest BCUT2D eigenvalue weighted by molar-refractivity contribution is 7.48. The number of nitrogen functional groups attached to an aromatic ring is 2. The monoisotopic (exact) mass is 1080 g/mol. The van der Waals surface area contributed by atoms with Crippen molar-refractivity contribution in [2.24, 2.45) is 0 Å². The molecule has 6 heterocycles. The van der Waals surface area contributed by atoms with Gasteiger partial charge in [-0.25, -0.2) is 28.0 Å². The van der Waals surface area contributed by atoms with Crippen LogP contribution in [0.25, 0.3) is 11.0 Å². The average molecular weight is 1080 g/mol. The van der Waals surface area contributed by atoms with E-state index in [9.17, 15) is 45.2 Å². The van der Waals surface area contributed by atoms with Crippen LogP contribution in [-0.2, 0) is 54.9 Å². The van der Waals surface area contributed by atoms with Crippen LogP contribution in [0.15, 0.2) is 55.1 Å². The highest BCUT2D eigenvalue weighted by Crippen LogP contribution is 2.52. The van der Waals surface area contributed by atoms with Gasteiger partial charge in [-0.3, -0.25) is 13.6 Å². The van der Waals surface area contributed by atoms with Gasteiger partial charge in [-0.15, -0.1) is 0 Å². The molecule has 1 aromatic carbocycles. The van der Waals surface area contributed by atoms with Gasteiger partial charge < -0.3 is 50.8 Å². The van der Waals surface area contributed by atoms with E-state index in [1.54, 1.807) is 0 Å². The van der Waals surface area contributed by atoms with Gasteiger partial charge in [-0.05, 0) is 54.4 Å². The molecule has 410 valence electrons. The van der Waals surface area contributed by atoms with Crippen molar-refractivity contribution in [1.82, 2.24) is 29.2 Å². The lowest BCUT2D eigenvalue weighted by Crippen LogP contribution is -2.41. The molecule has 76 heavy (non-hydrogen) atoms. The number of nitrogens with two attached hydrogens (primary N) is 2. The number of rotatable bonds is 31. The van der Waals surface area contributed by atoms with E-state index in [2.05, 4.69) is 27.1 Å². The van der Waals surface area contributed by atoms with Crippen LogP contribution in [0, 0.1) is 39.8 Å². The summed E-state index contributed by atoms with van der Waals surface area (Å²) >= 11 is 0. The van der Waals surface area contributed by atoms with Crippen molar-refractivity contribution < 1.29 is 61.9 Å². The summed E-state index contributed by atoms with van der Waals surface area (Å²) in [6, 6.07) is 15.2. The zero-order valence-corrected chi connectivity index (χ0v) is 43.3. The minimum absolute atomic E-state index is 0.0186. The molecule has 9 atom stereocenters. The smallest absolute Gasteiger partial charge is 0.387 e. The molecule has 2 aliphatic rings. The van der Waals surface area contributed by atoms with Crippen molar-refractivity contribution in [2.75, 3.05) is 44.5 Å². The van der Waals surface area contributed by atoms with Gasteiger partial charge in [0.05, 0.1) is 56.1 Å². The second-order valence-corrected chi connectivity index (χ2v) is 20.8. The van der Waals surface area contributed by atoms with Crippen LogP contribution in [0.3, 0.4) is 0 Å². The molecule has 0 spiro atoms. The fraction of sp³-hybridized carbons (Fsp3) is 0.588. The van der Waals surface area contributed by atoms with Crippen LogP contribution in [-0.4, -0.2) is 125 Å². The first-order valence-corrected chi connectivity index (χ1v) is 27.2. The molecule has 4 aromatic heterocycles. The van der Waals surface area contributed by atoms with E-state index >= 15 is 0 Å². The Kier molecular flexibility index (Phi) is 20.6. The molecule has 2 fully saturated rings. The first-order valence-electron chi connectivity index (χ1n) is 25.7. The van der Waals surface area contributed by atoms with Crippen LogP contribution in [0.4, 0.5) is 16.0 Å². The van der Waals surface area contributed by atoms with Crippen molar-refractivity contribution in [2.45, 2.75) is 157 Å². The van der Waals surface area contributed by atoms with E-state index in [4.69, 9.17) is 44.0 Å². The molecule has 2 aliphatic heterocycles. The Morgan fingerprint density at radius 3 is 1.67 bits per heavy atom. The summed E-state index contributed by atoms with van der Waals surface area (Å²) in [6.07, 6.45) is 7.04. The Morgan fingerprint density at radius 2 is 1.20 bits per heavy atom. The van der Waals surface area contributed by atoms with Gasteiger partial charge in [0.25, 0.3) is 0 Å². The van der Waals surface area contributed by atoms with Gasteiger partial charge in [0.1, 0.15) is 84.4 Å².